The molecule has 0 aliphatic heterocycles. The number of hydrogen-bond acceptors (Lipinski definition) is 4. The van der Waals surface area contributed by atoms with Crippen molar-refractivity contribution in [3.63, 3.8) is 0 Å². The third kappa shape index (κ3) is 2.82. The molecule has 0 radical (unpaired) electrons. The van der Waals surface area contributed by atoms with Gasteiger partial charge in [-0.05, 0) is 49.1 Å². The molecule has 3 aromatic rings. The minimum atomic E-state index is -0.410. The quantitative estimate of drug-likeness (QED) is 0.579. The number of nitrogens with zero attached hydrogens (tertiary/aromatic N) is 3. The van der Waals surface area contributed by atoms with Crippen molar-refractivity contribution in [2.45, 2.75) is 19.4 Å². The van der Waals surface area contributed by atoms with Crippen LogP contribution in [0, 0.1) is 5.92 Å². The topological polar surface area (TPSA) is 72.8 Å². The van der Waals surface area contributed by atoms with E-state index in [1.54, 1.807) is 12.3 Å². The summed E-state index contributed by atoms with van der Waals surface area (Å²) in [7, 11) is 1.38. The molecule has 3 aromatic heterocycles. The summed E-state index contributed by atoms with van der Waals surface area (Å²) in [5.41, 5.74) is 2.63. The predicted molar refractivity (Wildman–Crippen MR) is 90.9 cm³/mol. The van der Waals surface area contributed by atoms with E-state index in [9.17, 15) is 4.79 Å². The van der Waals surface area contributed by atoms with E-state index in [-0.39, 0.29) is 0 Å². The molecule has 1 aliphatic carbocycles. The second kappa shape index (κ2) is 5.96. The highest BCUT2D eigenvalue weighted by Gasteiger charge is 2.23. The van der Waals surface area contributed by atoms with Crippen molar-refractivity contribution in [3.8, 4) is 0 Å². The highest BCUT2D eigenvalue weighted by Crippen LogP contribution is 2.31. The SMILES string of the molecule is COC(=O)/C(=C\c1ccnn1CC1CC1)c1ccc2cc[nH]c2n1. The highest BCUT2D eigenvalue weighted by atomic mass is 16.5. The number of carbonyl (C=O) groups is 1. The van der Waals surface area contributed by atoms with E-state index in [2.05, 4.69) is 15.1 Å². The van der Waals surface area contributed by atoms with Crippen LogP contribution in [0.5, 0.6) is 0 Å². The molecule has 1 aliphatic rings. The molecule has 24 heavy (non-hydrogen) atoms. The second-order valence-electron chi connectivity index (χ2n) is 6.04. The van der Waals surface area contributed by atoms with Crippen molar-refractivity contribution in [3.05, 3.63) is 48.0 Å². The molecule has 0 bridgehead atoms. The van der Waals surface area contributed by atoms with E-state index >= 15 is 0 Å². The van der Waals surface area contributed by atoms with Crippen molar-refractivity contribution < 1.29 is 9.53 Å². The number of H-pyrrole nitrogens is 1. The first-order valence-corrected chi connectivity index (χ1v) is 8.01. The van der Waals surface area contributed by atoms with Crippen LogP contribution in [0.2, 0.25) is 0 Å². The number of ether oxygens (including phenoxy) is 1. The van der Waals surface area contributed by atoms with Crippen LogP contribution < -0.4 is 0 Å². The summed E-state index contributed by atoms with van der Waals surface area (Å²) in [5, 5.41) is 5.36. The van der Waals surface area contributed by atoms with Crippen LogP contribution in [0.15, 0.2) is 36.7 Å². The number of aromatic nitrogens is 4. The number of nitrogens with one attached hydrogen (secondary N) is 1. The van der Waals surface area contributed by atoms with Crippen LogP contribution in [-0.4, -0.2) is 32.8 Å². The molecule has 6 heteroatoms. The van der Waals surface area contributed by atoms with Gasteiger partial charge < -0.3 is 9.72 Å². The zero-order valence-electron chi connectivity index (χ0n) is 13.4. The predicted octanol–water partition coefficient (Wildman–Crippen LogP) is 2.88. The van der Waals surface area contributed by atoms with Gasteiger partial charge in [0.05, 0.1) is 24.1 Å². The molecule has 0 atom stereocenters. The Labute approximate surface area is 139 Å². The van der Waals surface area contributed by atoms with Crippen molar-refractivity contribution in [1.29, 1.82) is 0 Å². The lowest BCUT2D eigenvalue weighted by Crippen LogP contribution is -2.08. The third-order valence-electron chi connectivity index (χ3n) is 4.26. The molecule has 6 nitrogen and oxygen atoms in total. The zero-order valence-corrected chi connectivity index (χ0v) is 13.4. The summed E-state index contributed by atoms with van der Waals surface area (Å²) in [6.07, 6.45) is 7.88. The minimum Gasteiger partial charge on any atom is -0.465 e. The van der Waals surface area contributed by atoms with Gasteiger partial charge in [-0.15, -0.1) is 0 Å². The number of rotatable bonds is 5. The maximum Gasteiger partial charge on any atom is 0.340 e. The summed E-state index contributed by atoms with van der Waals surface area (Å²) >= 11 is 0. The molecule has 0 saturated heterocycles. The molecule has 1 N–H and O–H groups in total. The lowest BCUT2D eigenvalue weighted by Gasteiger charge is -2.07. The summed E-state index contributed by atoms with van der Waals surface area (Å²) in [5.74, 6) is 0.291. The summed E-state index contributed by atoms with van der Waals surface area (Å²) in [6.45, 7) is 0.885. The van der Waals surface area contributed by atoms with Gasteiger partial charge in [-0.1, -0.05) is 0 Å². The number of esters is 1. The zero-order chi connectivity index (χ0) is 16.5. The van der Waals surface area contributed by atoms with Gasteiger partial charge in [-0.3, -0.25) is 4.68 Å². The Kier molecular flexibility index (Phi) is 3.65. The lowest BCUT2D eigenvalue weighted by molar-refractivity contribution is -0.133. The van der Waals surface area contributed by atoms with Gasteiger partial charge in [0.25, 0.3) is 0 Å². The maximum absolute atomic E-state index is 12.3. The summed E-state index contributed by atoms with van der Waals surface area (Å²) in [6, 6.07) is 7.61. The van der Waals surface area contributed by atoms with Crippen LogP contribution in [0.1, 0.15) is 24.2 Å². The Morgan fingerprint density at radius 3 is 3.04 bits per heavy atom. The van der Waals surface area contributed by atoms with E-state index < -0.39 is 5.97 Å². The van der Waals surface area contributed by atoms with Gasteiger partial charge in [0.1, 0.15) is 5.65 Å². The number of carbonyl (C=O) groups excluding carboxylic acids is 1. The van der Waals surface area contributed by atoms with Gasteiger partial charge in [0, 0.05) is 24.3 Å². The molecule has 1 saturated carbocycles. The first-order chi connectivity index (χ1) is 11.7. The average molecular weight is 322 g/mol. The fourth-order valence-corrected chi connectivity index (χ4v) is 2.74. The molecule has 4 rings (SSSR count). The number of aromatic amines is 1. The normalized spacial score (nSPS) is 15.0. The van der Waals surface area contributed by atoms with E-state index in [4.69, 9.17) is 4.74 Å². The number of pyridine rings is 1. The van der Waals surface area contributed by atoms with E-state index in [0.717, 1.165) is 23.3 Å². The van der Waals surface area contributed by atoms with Crippen LogP contribution in [0.3, 0.4) is 0 Å². The molecule has 0 unspecified atom stereocenters. The van der Waals surface area contributed by atoms with Crippen molar-refractivity contribution in [2.75, 3.05) is 7.11 Å². The number of methoxy groups -OCH3 is 1. The average Bonchev–Trinajstić information content (AvgIpc) is 3.11. The lowest BCUT2D eigenvalue weighted by atomic mass is 10.1. The molecular formula is C18H18N4O2. The monoisotopic (exact) mass is 322 g/mol. The Hall–Kier alpha value is -2.89. The molecule has 0 spiro atoms. The van der Waals surface area contributed by atoms with Gasteiger partial charge in [-0.25, -0.2) is 9.78 Å². The van der Waals surface area contributed by atoms with Crippen molar-refractivity contribution in [1.82, 2.24) is 19.7 Å². The highest BCUT2D eigenvalue weighted by molar-refractivity contribution is 6.21. The molecular weight excluding hydrogens is 304 g/mol. The molecule has 1 fully saturated rings. The Morgan fingerprint density at radius 2 is 2.25 bits per heavy atom. The third-order valence-corrected chi connectivity index (χ3v) is 4.26. The molecule has 3 heterocycles. The summed E-state index contributed by atoms with van der Waals surface area (Å²) < 4.78 is 6.89. The summed E-state index contributed by atoms with van der Waals surface area (Å²) in [4.78, 5) is 19.9. The fraction of sp³-hybridized carbons (Fsp3) is 0.278. The van der Waals surface area contributed by atoms with E-state index in [1.165, 1.54) is 20.0 Å². The van der Waals surface area contributed by atoms with Crippen molar-refractivity contribution >= 4 is 28.7 Å². The van der Waals surface area contributed by atoms with Crippen LogP contribution >= 0.6 is 0 Å². The van der Waals surface area contributed by atoms with E-state index in [1.807, 2.05) is 35.1 Å². The first-order valence-electron chi connectivity index (χ1n) is 8.01. The van der Waals surface area contributed by atoms with Crippen molar-refractivity contribution in [2.24, 2.45) is 5.92 Å². The number of hydrogen-bond donors (Lipinski definition) is 1. The Morgan fingerprint density at radius 1 is 1.38 bits per heavy atom. The van der Waals surface area contributed by atoms with Crippen LogP contribution in [0.25, 0.3) is 22.7 Å². The minimum absolute atomic E-state index is 0.410. The number of fused-ring (bicyclic) bond motifs is 1. The van der Waals surface area contributed by atoms with Crippen LogP contribution in [0.4, 0.5) is 0 Å². The van der Waals surface area contributed by atoms with Crippen LogP contribution in [-0.2, 0) is 16.1 Å². The molecule has 0 amide bonds. The smallest absolute Gasteiger partial charge is 0.340 e. The van der Waals surface area contributed by atoms with Gasteiger partial charge in [-0.2, -0.15) is 5.10 Å². The maximum atomic E-state index is 12.3. The van der Waals surface area contributed by atoms with Gasteiger partial charge >= 0.3 is 5.97 Å². The largest absolute Gasteiger partial charge is 0.465 e. The van der Waals surface area contributed by atoms with E-state index in [0.29, 0.717) is 17.2 Å². The Bertz CT molecular complexity index is 918. The Balaban J connectivity index is 1.75. The fourth-order valence-electron chi connectivity index (χ4n) is 2.74. The molecule has 0 aromatic carbocycles. The van der Waals surface area contributed by atoms with Gasteiger partial charge in [0.2, 0.25) is 0 Å². The van der Waals surface area contributed by atoms with Gasteiger partial charge in [0.15, 0.2) is 0 Å². The first kappa shape index (κ1) is 14.7. The second-order valence-corrected chi connectivity index (χ2v) is 6.04. The molecule has 122 valence electrons. The standard InChI is InChI=1S/C18H18N4O2/c1-24-18(23)15(16-5-4-13-6-8-19-17(13)21-16)10-14-7-9-20-22(14)11-12-2-3-12/h4-10,12H,2-3,11H2,1H3,(H,19,21)/b15-10-.